The van der Waals surface area contributed by atoms with Crippen LogP contribution in [0.25, 0.3) is 37.9 Å². The molecule has 0 spiro atoms. The van der Waals surface area contributed by atoms with Crippen molar-refractivity contribution in [1.82, 2.24) is 0 Å². The molecule has 0 saturated carbocycles. The fourth-order valence-electron chi connectivity index (χ4n) is 4.25. The quantitative estimate of drug-likeness (QED) is 0.193. The van der Waals surface area contributed by atoms with Crippen LogP contribution in [0.15, 0.2) is 121 Å². The number of anilines is 1. The third kappa shape index (κ3) is 4.75. The molecular formula is C31H22F3NS. The van der Waals surface area contributed by atoms with Crippen LogP contribution in [0.5, 0.6) is 0 Å². The minimum atomic E-state index is -4.34. The molecule has 0 amide bonds. The standard InChI is InChI=1S/C31H22F3NS/c1-20(36-30-9-5-4-8-29(30)35)25-18-19-26(28-7-3-2-6-27(25)28)23-12-10-21(11-13-23)22-14-16-24(17-15-22)31(32,33)34/h2-19H,1,35H2. The molecule has 0 fully saturated rings. The summed E-state index contributed by atoms with van der Waals surface area (Å²) in [6.45, 7) is 4.32. The van der Waals surface area contributed by atoms with E-state index in [1.807, 2.05) is 60.7 Å². The van der Waals surface area contributed by atoms with Gasteiger partial charge in [-0.2, -0.15) is 13.2 Å². The molecule has 0 unspecified atom stereocenters. The van der Waals surface area contributed by atoms with Gasteiger partial charge in [-0.3, -0.25) is 0 Å². The molecular weight excluding hydrogens is 475 g/mol. The van der Waals surface area contributed by atoms with Crippen molar-refractivity contribution in [3.8, 4) is 22.3 Å². The smallest absolute Gasteiger partial charge is 0.398 e. The Balaban J connectivity index is 1.47. The molecule has 5 heteroatoms. The van der Waals surface area contributed by atoms with Crippen LogP contribution in [-0.2, 0) is 6.18 Å². The maximum atomic E-state index is 12.9. The molecule has 0 saturated heterocycles. The molecule has 0 aromatic heterocycles. The number of thioether (sulfide) groups is 1. The first kappa shape index (κ1) is 23.8. The van der Waals surface area contributed by atoms with Crippen LogP contribution in [0.1, 0.15) is 11.1 Å². The summed E-state index contributed by atoms with van der Waals surface area (Å²) >= 11 is 1.55. The van der Waals surface area contributed by atoms with Crippen molar-refractivity contribution in [2.45, 2.75) is 11.1 Å². The molecule has 5 aromatic rings. The van der Waals surface area contributed by atoms with E-state index >= 15 is 0 Å². The van der Waals surface area contributed by atoms with Crippen molar-refractivity contribution in [2.24, 2.45) is 0 Å². The van der Waals surface area contributed by atoms with Crippen molar-refractivity contribution in [3.63, 3.8) is 0 Å². The second-order valence-electron chi connectivity index (χ2n) is 8.42. The van der Waals surface area contributed by atoms with E-state index in [2.05, 4.69) is 30.8 Å². The predicted molar refractivity (Wildman–Crippen MR) is 146 cm³/mol. The van der Waals surface area contributed by atoms with Crippen LogP contribution >= 0.6 is 11.8 Å². The highest BCUT2D eigenvalue weighted by Gasteiger charge is 2.29. The Labute approximate surface area is 212 Å². The maximum Gasteiger partial charge on any atom is 0.416 e. The lowest BCUT2D eigenvalue weighted by Crippen LogP contribution is -2.03. The lowest BCUT2D eigenvalue weighted by Gasteiger charge is -2.14. The molecule has 0 aliphatic rings. The topological polar surface area (TPSA) is 26.0 Å². The number of rotatable bonds is 5. The van der Waals surface area contributed by atoms with Crippen LogP contribution in [-0.4, -0.2) is 0 Å². The average molecular weight is 498 g/mol. The monoisotopic (exact) mass is 497 g/mol. The number of nitrogen functional groups attached to an aromatic ring is 1. The Morgan fingerprint density at radius 3 is 1.83 bits per heavy atom. The third-order valence-electron chi connectivity index (χ3n) is 6.12. The van der Waals surface area contributed by atoms with Gasteiger partial charge in [0.05, 0.1) is 5.56 Å². The van der Waals surface area contributed by atoms with Crippen molar-refractivity contribution in [1.29, 1.82) is 0 Å². The van der Waals surface area contributed by atoms with E-state index in [1.54, 1.807) is 11.8 Å². The molecule has 5 aromatic carbocycles. The van der Waals surface area contributed by atoms with Gasteiger partial charge in [0.15, 0.2) is 0 Å². The lowest BCUT2D eigenvalue weighted by molar-refractivity contribution is -0.137. The first-order valence-corrected chi connectivity index (χ1v) is 12.1. The molecule has 1 nitrogen and oxygen atoms in total. The molecule has 0 radical (unpaired) electrons. The van der Waals surface area contributed by atoms with Gasteiger partial charge in [-0.15, -0.1) is 0 Å². The summed E-state index contributed by atoms with van der Waals surface area (Å²) in [6.07, 6.45) is -4.34. The normalized spacial score (nSPS) is 11.5. The van der Waals surface area contributed by atoms with Crippen molar-refractivity contribution in [3.05, 3.63) is 127 Å². The van der Waals surface area contributed by atoms with E-state index in [4.69, 9.17) is 5.73 Å². The molecule has 5 rings (SSSR count). The molecule has 0 atom stereocenters. The Bertz CT molecular complexity index is 1550. The second-order valence-corrected chi connectivity index (χ2v) is 9.56. The van der Waals surface area contributed by atoms with Crippen molar-refractivity contribution in [2.75, 3.05) is 5.73 Å². The minimum Gasteiger partial charge on any atom is -0.398 e. The van der Waals surface area contributed by atoms with Crippen LogP contribution in [0.3, 0.4) is 0 Å². The van der Waals surface area contributed by atoms with Gasteiger partial charge in [-0.1, -0.05) is 103 Å². The fraction of sp³-hybridized carbons (Fsp3) is 0.0323. The van der Waals surface area contributed by atoms with Crippen LogP contribution in [0.2, 0.25) is 0 Å². The van der Waals surface area contributed by atoms with Crippen LogP contribution in [0.4, 0.5) is 18.9 Å². The van der Waals surface area contributed by atoms with Gasteiger partial charge in [0.25, 0.3) is 0 Å². The van der Waals surface area contributed by atoms with Gasteiger partial charge < -0.3 is 5.73 Å². The lowest BCUT2D eigenvalue weighted by atomic mass is 9.93. The van der Waals surface area contributed by atoms with E-state index in [1.165, 1.54) is 12.1 Å². The number of halogens is 3. The van der Waals surface area contributed by atoms with Gasteiger partial charge in [0.1, 0.15) is 0 Å². The molecule has 178 valence electrons. The first-order chi connectivity index (χ1) is 17.3. The van der Waals surface area contributed by atoms with Gasteiger partial charge in [0.2, 0.25) is 0 Å². The van der Waals surface area contributed by atoms with Crippen molar-refractivity contribution >= 4 is 33.1 Å². The summed E-state index contributed by atoms with van der Waals surface area (Å²) in [6, 6.07) is 33.2. The highest BCUT2D eigenvalue weighted by atomic mass is 32.2. The number of alkyl halides is 3. The highest BCUT2D eigenvalue weighted by Crippen LogP contribution is 2.41. The van der Waals surface area contributed by atoms with E-state index in [-0.39, 0.29) is 0 Å². The predicted octanol–water partition coefficient (Wildman–Crippen LogP) is 9.54. The summed E-state index contributed by atoms with van der Waals surface area (Å²) in [4.78, 5) is 1.88. The van der Waals surface area contributed by atoms with E-state index in [0.29, 0.717) is 0 Å². The fourth-order valence-corrected chi connectivity index (χ4v) is 5.13. The van der Waals surface area contributed by atoms with Crippen LogP contribution in [0, 0.1) is 0 Å². The number of hydrogen-bond acceptors (Lipinski definition) is 2. The first-order valence-electron chi connectivity index (χ1n) is 11.3. The number of hydrogen-bond donors (Lipinski definition) is 1. The van der Waals surface area contributed by atoms with Crippen LogP contribution < -0.4 is 5.73 Å². The highest BCUT2D eigenvalue weighted by molar-refractivity contribution is 8.08. The van der Waals surface area contributed by atoms with Gasteiger partial charge in [-0.05, 0) is 62.9 Å². The summed E-state index contributed by atoms with van der Waals surface area (Å²) in [5.74, 6) is 0. The molecule has 0 aliphatic heterocycles. The summed E-state index contributed by atoms with van der Waals surface area (Å²) in [7, 11) is 0. The Kier molecular flexibility index (Phi) is 6.33. The molecule has 0 bridgehead atoms. The SMILES string of the molecule is C=C(Sc1ccccc1N)c1ccc(-c2ccc(-c3ccc(C(F)(F)F)cc3)cc2)c2ccccc12. The van der Waals surface area contributed by atoms with Gasteiger partial charge in [-0.25, -0.2) is 0 Å². The Morgan fingerprint density at radius 2 is 1.19 bits per heavy atom. The largest absolute Gasteiger partial charge is 0.416 e. The Hall–Kier alpha value is -3.96. The number of fused-ring (bicyclic) bond motifs is 1. The Morgan fingerprint density at radius 1 is 0.639 bits per heavy atom. The number of benzene rings is 5. The molecule has 0 aliphatic carbocycles. The zero-order chi connectivity index (χ0) is 25.3. The third-order valence-corrected chi connectivity index (χ3v) is 7.18. The molecule has 0 heterocycles. The minimum absolute atomic E-state index is 0.649. The summed E-state index contributed by atoms with van der Waals surface area (Å²) < 4.78 is 38.6. The number of para-hydroxylation sites is 1. The zero-order valence-corrected chi connectivity index (χ0v) is 20.0. The van der Waals surface area contributed by atoms with E-state index in [0.717, 1.165) is 66.2 Å². The van der Waals surface area contributed by atoms with Crippen molar-refractivity contribution < 1.29 is 13.2 Å². The molecule has 2 N–H and O–H groups in total. The maximum absolute atomic E-state index is 12.9. The zero-order valence-electron chi connectivity index (χ0n) is 19.2. The van der Waals surface area contributed by atoms with Gasteiger partial charge >= 0.3 is 6.18 Å². The van der Waals surface area contributed by atoms with E-state index in [9.17, 15) is 13.2 Å². The summed E-state index contributed by atoms with van der Waals surface area (Å²) in [5.41, 5.74) is 10.9. The number of nitrogens with two attached hydrogens (primary N) is 1. The van der Waals surface area contributed by atoms with Gasteiger partial charge in [0, 0.05) is 15.5 Å². The molecule has 36 heavy (non-hydrogen) atoms. The second kappa shape index (κ2) is 9.59. The summed E-state index contributed by atoms with van der Waals surface area (Å²) in [5, 5.41) is 2.19. The average Bonchev–Trinajstić information content (AvgIpc) is 2.89. The van der Waals surface area contributed by atoms with E-state index < -0.39 is 11.7 Å².